The van der Waals surface area contributed by atoms with Crippen molar-refractivity contribution < 1.29 is 13.2 Å². The molecule has 0 aliphatic heterocycles. The third-order valence-electron chi connectivity index (χ3n) is 5.12. The van der Waals surface area contributed by atoms with Gasteiger partial charge in [0.2, 0.25) is 5.82 Å². The lowest BCUT2D eigenvalue weighted by Gasteiger charge is -2.07. The Hall–Kier alpha value is -3.91. The summed E-state index contributed by atoms with van der Waals surface area (Å²) in [6.45, 7) is 1.94. The Kier molecular flexibility index (Phi) is 6.32. The SMILES string of the molecule is C/C=C/CCc1cccc(-c2cnc(C#Cc3cccc4c(F)c(F)ccc34)nc2)c1F. The molecule has 0 N–H and O–H groups in total. The predicted molar refractivity (Wildman–Crippen MR) is 120 cm³/mol. The first-order valence-electron chi connectivity index (χ1n) is 10.2. The van der Waals surface area contributed by atoms with E-state index < -0.39 is 11.6 Å². The van der Waals surface area contributed by atoms with Crippen molar-refractivity contribution >= 4 is 10.8 Å². The van der Waals surface area contributed by atoms with Gasteiger partial charge in [0, 0.05) is 39.9 Å². The van der Waals surface area contributed by atoms with Crippen molar-refractivity contribution in [1.29, 1.82) is 0 Å². The second-order valence-electron chi connectivity index (χ2n) is 7.19. The van der Waals surface area contributed by atoms with Gasteiger partial charge in [0.05, 0.1) is 0 Å². The second-order valence-corrected chi connectivity index (χ2v) is 7.19. The number of aromatic nitrogens is 2. The van der Waals surface area contributed by atoms with E-state index in [0.717, 1.165) is 12.5 Å². The Morgan fingerprint density at radius 3 is 2.41 bits per heavy atom. The van der Waals surface area contributed by atoms with Gasteiger partial charge in [-0.2, -0.15) is 0 Å². The molecule has 0 fully saturated rings. The van der Waals surface area contributed by atoms with E-state index in [-0.39, 0.29) is 17.0 Å². The standard InChI is InChI=1S/C27H19F3N2/c1-2-3-4-7-19-9-6-10-22(26(19)29)20-16-31-25(32-17-20)15-12-18-8-5-11-23-21(18)13-14-24(28)27(23)30/h2-3,5-6,8-11,13-14,16-17H,4,7H2,1H3/b3-2+. The number of benzene rings is 3. The molecule has 0 bridgehead atoms. The summed E-state index contributed by atoms with van der Waals surface area (Å²) in [4.78, 5) is 8.46. The molecule has 0 unspecified atom stereocenters. The molecule has 0 atom stereocenters. The van der Waals surface area contributed by atoms with Crippen molar-refractivity contribution in [3.05, 3.63) is 107 Å². The highest BCUT2D eigenvalue weighted by molar-refractivity contribution is 5.88. The lowest BCUT2D eigenvalue weighted by molar-refractivity contribution is 0.517. The molecular weight excluding hydrogens is 409 g/mol. The number of aryl methyl sites for hydroxylation is 1. The van der Waals surface area contributed by atoms with Crippen LogP contribution in [0.3, 0.4) is 0 Å². The van der Waals surface area contributed by atoms with Gasteiger partial charge < -0.3 is 0 Å². The van der Waals surface area contributed by atoms with Crippen LogP contribution in [0.15, 0.2) is 73.1 Å². The number of rotatable bonds is 4. The van der Waals surface area contributed by atoms with Crippen molar-refractivity contribution in [2.24, 2.45) is 0 Å². The molecule has 1 heterocycles. The molecule has 0 radical (unpaired) electrons. The number of hydrogen-bond acceptors (Lipinski definition) is 2. The quantitative estimate of drug-likeness (QED) is 0.270. The summed E-state index contributed by atoms with van der Waals surface area (Å²) in [7, 11) is 0. The fourth-order valence-corrected chi connectivity index (χ4v) is 3.46. The van der Waals surface area contributed by atoms with Crippen LogP contribution >= 0.6 is 0 Å². The summed E-state index contributed by atoms with van der Waals surface area (Å²) < 4.78 is 42.4. The number of nitrogens with zero attached hydrogens (tertiary/aromatic N) is 2. The van der Waals surface area contributed by atoms with E-state index in [0.29, 0.717) is 34.1 Å². The third-order valence-corrected chi connectivity index (χ3v) is 5.12. The van der Waals surface area contributed by atoms with Crippen LogP contribution in [-0.4, -0.2) is 9.97 Å². The summed E-state index contributed by atoms with van der Waals surface area (Å²) in [6, 6.07) is 12.7. The number of halogens is 3. The summed E-state index contributed by atoms with van der Waals surface area (Å²) in [6.07, 6.45) is 8.40. The first-order valence-corrected chi connectivity index (χ1v) is 10.2. The zero-order chi connectivity index (χ0) is 22.5. The molecule has 32 heavy (non-hydrogen) atoms. The van der Waals surface area contributed by atoms with Gasteiger partial charge in [-0.1, -0.05) is 54.5 Å². The minimum atomic E-state index is -0.903. The first kappa shape index (κ1) is 21.3. The Bertz CT molecular complexity index is 1360. The normalized spacial score (nSPS) is 11.0. The zero-order valence-electron chi connectivity index (χ0n) is 17.4. The fourth-order valence-electron chi connectivity index (χ4n) is 3.46. The molecule has 0 amide bonds. The van der Waals surface area contributed by atoms with Crippen LogP contribution in [0.25, 0.3) is 21.9 Å². The van der Waals surface area contributed by atoms with Gasteiger partial charge >= 0.3 is 0 Å². The first-order chi connectivity index (χ1) is 15.6. The molecule has 4 rings (SSSR count). The molecule has 158 valence electrons. The maximum atomic E-state index is 14.9. The van der Waals surface area contributed by atoms with E-state index in [9.17, 15) is 13.2 Å². The van der Waals surface area contributed by atoms with Gasteiger partial charge in [0.25, 0.3) is 0 Å². The van der Waals surface area contributed by atoms with E-state index in [1.807, 2.05) is 25.1 Å². The van der Waals surface area contributed by atoms with Crippen molar-refractivity contribution in [3.63, 3.8) is 0 Å². The van der Waals surface area contributed by atoms with Crippen LogP contribution in [0.4, 0.5) is 13.2 Å². The number of hydrogen-bond donors (Lipinski definition) is 0. The molecule has 1 aromatic heterocycles. The van der Waals surface area contributed by atoms with Crippen LogP contribution in [-0.2, 0) is 6.42 Å². The molecule has 2 nitrogen and oxygen atoms in total. The summed E-state index contributed by atoms with van der Waals surface area (Å²) in [5.74, 6) is 3.92. The Morgan fingerprint density at radius 2 is 1.62 bits per heavy atom. The highest BCUT2D eigenvalue weighted by Gasteiger charge is 2.11. The number of allylic oxidation sites excluding steroid dienone is 2. The summed E-state index contributed by atoms with van der Waals surface area (Å²) in [5.41, 5.74) is 2.18. The summed E-state index contributed by atoms with van der Waals surface area (Å²) in [5, 5.41) is 0.671. The molecule has 5 heteroatoms. The molecule has 0 saturated carbocycles. The van der Waals surface area contributed by atoms with E-state index in [1.165, 1.54) is 24.5 Å². The zero-order valence-corrected chi connectivity index (χ0v) is 17.4. The molecule has 3 aromatic carbocycles. The second kappa shape index (κ2) is 9.49. The van der Waals surface area contributed by atoms with Crippen molar-refractivity contribution in [2.45, 2.75) is 19.8 Å². The van der Waals surface area contributed by atoms with Crippen LogP contribution in [0.5, 0.6) is 0 Å². The van der Waals surface area contributed by atoms with Gasteiger partial charge in [-0.05, 0) is 43.4 Å². The fraction of sp³-hybridized carbons (Fsp3) is 0.111. The van der Waals surface area contributed by atoms with Crippen LogP contribution in [0.2, 0.25) is 0 Å². The van der Waals surface area contributed by atoms with Gasteiger partial charge in [0.1, 0.15) is 5.82 Å². The van der Waals surface area contributed by atoms with Gasteiger partial charge in [-0.25, -0.2) is 23.1 Å². The predicted octanol–water partition coefficient (Wildman–Crippen LogP) is 6.62. The monoisotopic (exact) mass is 428 g/mol. The van der Waals surface area contributed by atoms with Gasteiger partial charge in [-0.3, -0.25) is 0 Å². The average molecular weight is 428 g/mol. The molecule has 0 aliphatic rings. The van der Waals surface area contributed by atoms with E-state index in [1.54, 1.807) is 24.3 Å². The highest BCUT2D eigenvalue weighted by Crippen LogP contribution is 2.25. The average Bonchev–Trinajstić information content (AvgIpc) is 2.82. The third kappa shape index (κ3) is 4.40. The van der Waals surface area contributed by atoms with Crippen molar-refractivity contribution in [3.8, 4) is 23.0 Å². The van der Waals surface area contributed by atoms with Crippen molar-refractivity contribution in [1.82, 2.24) is 9.97 Å². The molecule has 0 aliphatic carbocycles. The smallest absolute Gasteiger partial charge is 0.205 e. The van der Waals surface area contributed by atoms with E-state index in [4.69, 9.17) is 0 Å². The largest absolute Gasteiger partial charge is 0.229 e. The number of fused-ring (bicyclic) bond motifs is 1. The topological polar surface area (TPSA) is 25.8 Å². The van der Waals surface area contributed by atoms with Crippen molar-refractivity contribution in [2.75, 3.05) is 0 Å². The maximum Gasteiger partial charge on any atom is 0.205 e. The molecule has 4 aromatic rings. The van der Waals surface area contributed by atoms with Gasteiger partial charge in [-0.15, -0.1) is 0 Å². The minimum Gasteiger partial charge on any atom is -0.229 e. The maximum absolute atomic E-state index is 14.9. The Morgan fingerprint density at radius 1 is 0.844 bits per heavy atom. The van der Waals surface area contributed by atoms with Crippen LogP contribution in [0.1, 0.15) is 30.3 Å². The lowest BCUT2D eigenvalue weighted by atomic mass is 10.0. The highest BCUT2D eigenvalue weighted by atomic mass is 19.2. The lowest BCUT2D eigenvalue weighted by Crippen LogP contribution is -1.96. The van der Waals surface area contributed by atoms with Gasteiger partial charge in [0.15, 0.2) is 11.6 Å². The minimum absolute atomic E-state index is 0.165. The molecule has 0 spiro atoms. The van der Waals surface area contributed by atoms with Crippen LogP contribution < -0.4 is 0 Å². The van der Waals surface area contributed by atoms with E-state index >= 15 is 0 Å². The van der Waals surface area contributed by atoms with Crippen LogP contribution in [0, 0.1) is 29.3 Å². The molecular formula is C27H19F3N2. The summed E-state index contributed by atoms with van der Waals surface area (Å²) >= 11 is 0. The molecule has 0 saturated heterocycles. The Labute approximate surface area is 184 Å². The Balaban J connectivity index is 1.61. The van der Waals surface area contributed by atoms with E-state index in [2.05, 4.69) is 21.8 Å².